The minimum atomic E-state index is 0.0204. The Bertz CT molecular complexity index is 414. The molecular formula is C13H19N3O2. The molecule has 1 fully saturated rings. The van der Waals surface area contributed by atoms with Crippen molar-refractivity contribution in [2.45, 2.75) is 26.7 Å². The van der Waals surface area contributed by atoms with Crippen molar-refractivity contribution in [3.63, 3.8) is 0 Å². The molecule has 1 aromatic rings. The highest BCUT2D eigenvalue weighted by molar-refractivity contribution is 5.77. The summed E-state index contributed by atoms with van der Waals surface area (Å²) in [7, 11) is 0. The van der Waals surface area contributed by atoms with Gasteiger partial charge in [-0.05, 0) is 31.7 Å². The lowest BCUT2D eigenvalue weighted by Crippen LogP contribution is -2.40. The third-order valence-electron chi connectivity index (χ3n) is 3.23. The number of hydrogen-bond donors (Lipinski definition) is 0. The number of hydrogen-bond acceptors (Lipinski definition) is 4. The van der Waals surface area contributed by atoms with Gasteiger partial charge in [-0.15, -0.1) is 0 Å². The third kappa shape index (κ3) is 3.42. The summed E-state index contributed by atoms with van der Waals surface area (Å²) in [5.41, 5.74) is 0.833. The highest BCUT2D eigenvalue weighted by Gasteiger charge is 2.20. The number of rotatable bonds is 3. The van der Waals surface area contributed by atoms with Gasteiger partial charge in [0.25, 0.3) is 5.91 Å². The highest BCUT2D eigenvalue weighted by atomic mass is 16.5. The molecule has 18 heavy (non-hydrogen) atoms. The zero-order valence-electron chi connectivity index (χ0n) is 10.9. The largest absolute Gasteiger partial charge is 0.453 e. The molecule has 0 N–H and O–H groups in total. The molecular weight excluding hydrogens is 230 g/mol. The maximum absolute atomic E-state index is 11.9. The van der Waals surface area contributed by atoms with Crippen LogP contribution < -0.4 is 4.74 Å². The Morgan fingerprint density at radius 3 is 2.89 bits per heavy atom. The second-order valence-corrected chi connectivity index (χ2v) is 4.83. The molecule has 0 unspecified atom stereocenters. The number of likely N-dealkylation sites (tertiary alicyclic amines) is 1. The Morgan fingerprint density at radius 2 is 2.22 bits per heavy atom. The summed E-state index contributed by atoms with van der Waals surface area (Å²) in [4.78, 5) is 21.8. The summed E-state index contributed by atoms with van der Waals surface area (Å²) in [5.74, 6) is 0.738. The van der Waals surface area contributed by atoms with E-state index in [2.05, 4.69) is 16.9 Å². The number of amides is 1. The summed E-state index contributed by atoms with van der Waals surface area (Å²) < 4.78 is 5.32. The fraction of sp³-hybridized carbons (Fsp3) is 0.615. The topological polar surface area (TPSA) is 55.3 Å². The van der Waals surface area contributed by atoms with Crippen molar-refractivity contribution in [2.24, 2.45) is 5.92 Å². The maximum atomic E-state index is 11.9. The Labute approximate surface area is 107 Å². The number of ether oxygens (including phenoxy) is 1. The average Bonchev–Trinajstić information content (AvgIpc) is 2.37. The molecule has 2 rings (SSSR count). The van der Waals surface area contributed by atoms with Gasteiger partial charge in [-0.25, -0.2) is 9.97 Å². The van der Waals surface area contributed by atoms with Crippen LogP contribution in [0.4, 0.5) is 0 Å². The number of carbonyl (C=O) groups excluding carboxylic acids is 1. The second kappa shape index (κ2) is 5.80. The van der Waals surface area contributed by atoms with Crippen molar-refractivity contribution in [3.05, 3.63) is 18.0 Å². The van der Waals surface area contributed by atoms with Gasteiger partial charge in [-0.3, -0.25) is 4.79 Å². The number of aryl methyl sites for hydroxylation is 1. The lowest BCUT2D eigenvalue weighted by Gasteiger charge is -2.30. The van der Waals surface area contributed by atoms with Crippen molar-refractivity contribution >= 4 is 5.91 Å². The van der Waals surface area contributed by atoms with Gasteiger partial charge >= 0.3 is 6.01 Å². The first-order valence-corrected chi connectivity index (χ1v) is 6.35. The molecule has 0 aromatic carbocycles. The van der Waals surface area contributed by atoms with Gasteiger partial charge in [0.05, 0.1) is 0 Å². The molecule has 5 nitrogen and oxygen atoms in total. The molecule has 0 atom stereocenters. The fourth-order valence-corrected chi connectivity index (χ4v) is 1.97. The number of aromatic nitrogens is 2. The molecule has 0 bridgehead atoms. The number of nitrogens with zero attached hydrogens (tertiary/aromatic N) is 3. The van der Waals surface area contributed by atoms with E-state index >= 15 is 0 Å². The Kier molecular flexibility index (Phi) is 4.12. The summed E-state index contributed by atoms with van der Waals surface area (Å²) >= 11 is 0. The predicted octanol–water partition coefficient (Wildman–Crippen LogP) is 1.42. The van der Waals surface area contributed by atoms with Gasteiger partial charge in [-0.2, -0.15) is 0 Å². The van der Waals surface area contributed by atoms with Crippen molar-refractivity contribution < 1.29 is 9.53 Å². The zero-order valence-corrected chi connectivity index (χ0v) is 10.9. The minimum absolute atomic E-state index is 0.0204. The number of piperidine rings is 1. The zero-order chi connectivity index (χ0) is 13.0. The molecule has 1 aliphatic heterocycles. The standard InChI is InChI=1S/C13H19N3O2/c1-10-4-7-16(8-5-10)12(17)9-18-13-14-6-3-11(2)15-13/h3,6,10H,4-5,7-9H2,1-2H3. The van der Waals surface area contributed by atoms with Gasteiger partial charge in [0.1, 0.15) is 0 Å². The quantitative estimate of drug-likeness (QED) is 0.813. The minimum Gasteiger partial charge on any atom is -0.453 e. The molecule has 5 heteroatoms. The molecule has 98 valence electrons. The third-order valence-corrected chi connectivity index (χ3v) is 3.23. The lowest BCUT2D eigenvalue weighted by molar-refractivity contribution is -0.134. The fourth-order valence-electron chi connectivity index (χ4n) is 1.97. The van der Waals surface area contributed by atoms with E-state index in [4.69, 9.17) is 4.74 Å². The molecule has 0 radical (unpaired) electrons. The van der Waals surface area contributed by atoms with E-state index in [9.17, 15) is 4.79 Å². The normalized spacial score (nSPS) is 16.7. The van der Waals surface area contributed by atoms with Gasteiger partial charge in [0.2, 0.25) is 0 Å². The summed E-state index contributed by atoms with van der Waals surface area (Å²) in [6, 6.07) is 2.06. The lowest BCUT2D eigenvalue weighted by atomic mass is 9.99. The average molecular weight is 249 g/mol. The van der Waals surface area contributed by atoms with E-state index in [0.29, 0.717) is 0 Å². The van der Waals surface area contributed by atoms with E-state index in [1.165, 1.54) is 0 Å². The predicted molar refractivity (Wildman–Crippen MR) is 67.2 cm³/mol. The van der Waals surface area contributed by atoms with Crippen LogP contribution in [-0.2, 0) is 4.79 Å². The highest BCUT2D eigenvalue weighted by Crippen LogP contribution is 2.16. The molecule has 0 aliphatic carbocycles. The monoisotopic (exact) mass is 249 g/mol. The Morgan fingerprint density at radius 1 is 1.50 bits per heavy atom. The van der Waals surface area contributed by atoms with E-state index < -0.39 is 0 Å². The maximum Gasteiger partial charge on any atom is 0.317 e. The molecule has 1 aliphatic rings. The summed E-state index contributed by atoms with van der Waals surface area (Å²) in [6.45, 7) is 5.77. The van der Waals surface area contributed by atoms with Gasteiger partial charge in [0.15, 0.2) is 6.61 Å². The van der Waals surface area contributed by atoms with Crippen LogP contribution in [-0.4, -0.2) is 40.5 Å². The first-order valence-electron chi connectivity index (χ1n) is 6.35. The molecule has 1 saturated heterocycles. The van der Waals surface area contributed by atoms with Crippen LogP contribution in [0.15, 0.2) is 12.3 Å². The first kappa shape index (κ1) is 12.8. The van der Waals surface area contributed by atoms with Crippen LogP contribution in [0.2, 0.25) is 0 Å². The van der Waals surface area contributed by atoms with Crippen LogP contribution in [0.25, 0.3) is 0 Å². The molecule has 1 aromatic heterocycles. The van der Waals surface area contributed by atoms with Crippen LogP contribution in [0.1, 0.15) is 25.5 Å². The Balaban J connectivity index is 1.81. The van der Waals surface area contributed by atoms with Crippen LogP contribution in [0.3, 0.4) is 0 Å². The number of carbonyl (C=O) groups is 1. The Hall–Kier alpha value is -1.65. The first-order chi connectivity index (χ1) is 8.65. The van der Waals surface area contributed by atoms with Gasteiger partial charge < -0.3 is 9.64 Å². The van der Waals surface area contributed by atoms with Crippen molar-refractivity contribution in [1.82, 2.24) is 14.9 Å². The van der Waals surface area contributed by atoms with E-state index in [-0.39, 0.29) is 18.5 Å². The van der Waals surface area contributed by atoms with Crippen molar-refractivity contribution in [1.29, 1.82) is 0 Å². The summed E-state index contributed by atoms with van der Waals surface area (Å²) in [5, 5.41) is 0. The molecule has 0 saturated carbocycles. The van der Waals surface area contributed by atoms with Gasteiger partial charge in [-0.1, -0.05) is 6.92 Å². The van der Waals surface area contributed by atoms with Crippen LogP contribution in [0.5, 0.6) is 6.01 Å². The smallest absolute Gasteiger partial charge is 0.317 e. The van der Waals surface area contributed by atoms with Crippen LogP contribution in [0, 0.1) is 12.8 Å². The van der Waals surface area contributed by atoms with Crippen molar-refractivity contribution in [3.8, 4) is 6.01 Å². The SMILES string of the molecule is Cc1ccnc(OCC(=O)N2CCC(C)CC2)n1. The molecule has 0 spiro atoms. The van der Waals surface area contributed by atoms with E-state index in [1.54, 1.807) is 12.3 Å². The summed E-state index contributed by atoms with van der Waals surface area (Å²) in [6.07, 6.45) is 3.78. The molecule has 2 heterocycles. The van der Waals surface area contributed by atoms with E-state index in [0.717, 1.165) is 37.5 Å². The van der Waals surface area contributed by atoms with Crippen molar-refractivity contribution in [2.75, 3.05) is 19.7 Å². The second-order valence-electron chi connectivity index (χ2n) is 4.83. The van der Waals surface area contributed by atoms with Crippen LogP contribution >= 0.6 is 0 Å². The molecule has 1 amide bonds. The van der Waals surface area contributed by atoms with E-state index in [1.807, 2.05) is 11.8 Å². The van der Waals surface area contributed by atoms with Gasteiger partial charge in [0, 0.05) is 25.0 Å².